The first-order chi connectivity index (χ1) is 12.5. The van der Waals surface area contributed by atoms with Gasteiger partial charge in [-0.15, -0.1) is 11.3 Å². The smallest absolute Gasteiger partial charge is 0.254 e. The highest BCUT2D eigenvalue weighted by atomic mass is 32.2. The molecule has 2 heterocycles. The monoisotopic (exact) mass is 392 g/mol. The van der Waals surface area contributed by atoms with Crippen LogP contribution in [-0.4, -0.2) is 38.4 Å². The van der Waals surface area contributed by atoms with E-state index in [1.54, 1.807) is 23.5 Å². The van der Waals surface area contributed by atoms with Crippen molar-refractivity contribution in [3.05, 3.63) is 52.2 Å². The van der Waals surface area contributed by atoms with Crippen LogP contribution in [0.25, 0.3) is 0 Å². The lowest BCUT2D eigenvalue weighted by Crippen LogP contribution is -2.42. The van der Waals surface area contributed by atoms with Crippen LogP contribution < -0.4 is 4.72 Å². The van der Waals surface area contributed by atoms with Crippen LogP contribution in [0.1, 0.15) is 41.4 Å². The summed E-state index contributed by atoms with van der Waals surface area (Å²) < 4.78 is 27.4. The Morgan fingerprint density at radius 3 is 2.65 bits per heavy atom. The van der Waals surface area contributed by atoms with Gasteiger partial charge in [-0.25, -0.2) is 13.1 Å². The maximum absolute atomic E-state index is 12.6. The summed E-state index contributed by atoms with van der Waals surface area (Å²) in [6.45, 7) is 3.19. The van der Waals surface area contributed by atoms with Crippen molar-refractivity contribution in [1.29, 1.82) is 0 Å². The predicted molar refractivity (Wildman–Crippen MR) is 104 cm³/mol. The maximum Gasteiger partial charge on any atom is 0.254 e. The molecule has 5 nitrogen and oxygen atoms in total. The molecule has 1 N–H and O–H groups in total. The van der Waals surface area contributed by atoms with Gasteiger partial charge in [0.2, 0.25) is 10.0 Å². The Hall–Kier alpha value is -1.70. The van der Waals surface area contributed by atoms with Gasteiger partial charge in [0.05, 0.1) is 4.90 Å². The number of carbonyl (C=O) groups excluding carboxylic acids is 1. The second kappa shape index (κ2) is 8.33. The van der Waals surface area contributed by atoms with E-state index in [1.165, 1.54) is 12.1 Å². The number of likely N-dealkylation sites (tertiary alicyclic amines) is 1. The highest BCUT2D eigenvalue weighted by Crippen LogP contribution is 2.20. The van der Waals surface area contributed by atoms with E-state index < -0.39 is 10.0 Å². The molecule has 26 heavy (non-hydrogen) atoms. The third kappa shape index (κ3) is 4.52. The molecule has 1 aromatic carbocycles. The molecule has 1 unspecified atom stereocenters. The molecule has 1 saturated heterocycles. The quantitative estimate of drug-likeness (QED) is 0.820. The third-order valence-corrected chi connectivity index (χ3v) is 7.13. The van der Waals surface area contributed by atoms with Crippen LogP contribution in [0.5, 0.6) is 0 Å². The second-order valence-corrected chi connectivity index (χ2v) is 9.39. The standard InChI is InChI=1S/C19H24N2O3S2/c1-15-5-2-3-13-21(15)19(22)16-7-9-18(10-8-16)26(23,24)20-12-11-17-6-4-14-25-17/h4,6-10,14-15,20H,2-3,5,11-13H2,1H3. The SMILES string of the molecule is CC1CCCCN1C(=O)c1ccc(S(=O)(=O)NCCc2cccs2)cc1. The molecule has 0 spiro atoms. The lowest BCUT2D eigenvalue weighted by Gasteiger charge is -2.33. The molecular weight excluding hydrogens is 368 g/mol. The van der Waals surface area contributed by atoms with E-state index in [9.17, 15) is 13.2 Å². The van der Waals surface area contributed by atoms with Crippen LogP contribution >= 0.6 is 11.3 Å². The van der Waals surface area contributed by atoms with E-state index in [4.69, 9.17) is 0 Å². The summed E-state index contributed by atoms with van der Waals surface area (Å²) in [6.07, 6.45) is 3.86. The van der Waals surface area contributed by atoms with Crippen molar-refractivity contribution in [3.8, 4) is 0 Å². The molecule has 1 amide bonds. The minimum absolute atomic E-state index is 0.0215. The van der Waals surface area contributed by atoms with Gasteiger partial charge in [0.1, 0.15) is 0 Å². The topological polar surface area (TPSA) is 66.5 Å². The summed E-state index contributed by atoms with van der Waals surface area (Å²) in [6, 6.07) is 10.4. The van der Waals surface area contributed by atoms with Gasteiger partial charge < -0.3 is 4.90 Å². The molecule has 3 rings (SSSR count). The van der Waals surface area contributed by atoms with E-state index >= 15 is 0 Å². The zero-order chi connectivity index (χ0) is 18.6. The molecule has 1 fully saturated rings. The van der Waals surface area contributed by atoms with Crippen molar-refractivity contribution in [2.75, 3.05) is 13.1 Å². The normalized spacial score (nSPS) is 18.0. The molecule has 1 aliphatic rings. The molecule has 0 saturated carbocycles. The Bertz CT molecular complexity index is 830. The Morgan fingerprint density at radius 2 is 2.00 bits per heavy atom. The first-order valence-electron chi connectivity index (χ1n) is 8.90. The number of benzene rings is 1. The van der Waals surface area contributed by atoms with Gasteiger partial charge in [0, 0.05) is 29.6 Å². The van der Waals surface area contributed by atoms with Gasteiger partial charge in [-0.05, 0) is 68.3 Å². The third-order valence-electron chi connectivity index (χ3n) is 4.72. The van der Waals surface area contributed by atoms with Crippen molar-refractivity contribution in [1.82, 2.24) is 9.62 Å². The van der Waals surface area contributed by atoms with Gasteiger partial charge in [0.25, 0.3) is 5.91 Å². The van der Waals surface area contributed by atoms with Crippen molar-refractivity contribution < 1.29 is 13.2 Å². The molecule has 140 valence electrons. The summed E-state index contributed by atoms with van der Waals surface area (Å²) >= 11 is 1.61. The number of hydrogen-bond donors (Lipinski definition) is 1. The van der Waals surface area contributed by atoms with Gasteiger partial charge >= 0.3 is 0 Å². The lowest BCUT2D eigenvalue weighted by molar-refractivity contribution is 0.0635. The van der Waals surface area contributed by atoms with Crippen LogP contribution in [-0.2, 0) is 16.4 Å². The van der Waals surface area contributed by atoms with Crippen molar-refractivity contribution in [3.63, 3.8) is 0 Å². The zero-order valence-electron chi connectivity index (χ0n) is 14.8. The molecule has 2 aromatic rings. The number of nitrogens with zero attached hydrogens (tertiary/aromatic N) is 1. The minimum Gasteiger partial charge on any atom is -0.336 e. The molecule has 0 radical (unpaired) electrons. The fourth-order valence-electron chi connectivity index (χ4n) is 3.19. The molecule has 0 bridgehead atoms. The van der Waals surface area contributed by atoms with Crippen LogP contribution in [0, 0.1) is 0 Å². The van der Waals surface area contributed by atoms with E-state index in [-0.39, 0.29) is 16.8 Å². The van der Waals surface area contributed by atoms with E-state index in [0.717, 1.165) is 30.7 Å². The molecule has 1 aliphatic heterocycles. The number of thiophene rings is 1. The highest BCUT2D eigenvalue weighted by molar-refractivity contribution is 7.89. The number of sulfonamides is 1. The molecule has 1 atom stereocenters. The summed E-state index contributed by atoms with van der Waals surface area (Å²) in [5, 5.41) is 1.97. The van der Waals surface area contributed by atoms with Gasteiger partial charge in [-0.3, -0.25) is 4.79 Å². The number of amides is 1. The molecule has 7 heteroatoms. The molecular formula is C19H24N2O3S2. The Kier molecular flexibility index (Phi) is 6.11. The summed E-state index contributed by atoms with van der Waals surface area (Å²) in [7, 11) is -3.56. The van der Waals surface area contributed by atoms with Crippen molar-refractivity contribution in [2.24, 2.45) is 0 Å². The van der Waals surface area contributed by atoms with Crippen LogP contribution in [0.3, 0.4) is 0 Å². The maximum atomic E-state index is 12.6. The predicted octanol–water partition coefficient (Wildman–Crippen LogP) is 3.28. The minimum atomic E-state index is -3.56. The van der Waals surface area contributed by atoms with Crippen LogP contribution in [0.15, 0.2) is 46.7 Å². The van der Waals surface area contributed by atoms with Crippen molar-refractivity contribution >= 4 is 27.3 Å². The highest BCUT2D eigenvalue weighted by Gasteiger charge is 2.24. The first kappa shape index (κ1) is 19.1. The van der Waals surface area contributed by atoms with Gasteiger partial charge in [-0.1, -0.05) is 6.07 Å². The fourth-order valence-corrected chi connectivity index (χ4v) is 4.93. The number of nitrogens with one attached hydrogen (secondary N) is 1. The first-order valence-corrected chi connectivity index (χ1v) is 11.3. The summed E-state index contributed by atoms with van der Waals surface area (Å²) in [4.78, 5) is 15.8. The molecule has 1 aromatic heterocycles. The number of piperidine rings is 1. The fraction of sp³-hybridized carbons (Fsp3) is 0.421. The van der Waals surface area contributed by atoms with Crippen LogP contribution in [0.4, 0.5) is 0 Å². The van der Waals surface area contributed by atoms with Crippen molar-refractivity contribution in [2.45, 2.75) is 43.5 Å². The van der Waals surface area contributed by atoms with E-state index in [0.29, 0.717) is 18.5 Å². The number of hydrogen-bond acceptors (Lipinski definition) is 4. The summed E-state index contributed by atoms with van der Waals surface area (Å²) in [5.74, 6) is -0.0215. The Labute approximate surface area is 159 Å². The van der Waals surface area contributed by atoms with Gasteiger partial charge in [0.15, 0.2) is 0 Å². The average molecular weight is 393 g/mol. The largest absolute Gasteiger partial charge is 0.336 e. The van der Waals surface area contributed by atoms with E-state index in [2.05, 4.69) is 11.6 Å². The lowest BCUT2D eigenvalue weighted by atomic mass is 10.0. The second-order valence-electron chi connectivity index (χ2n) is 6.59. The number of rotatable bonds is 6. The van der Waals surface area contributed by atoms with E-state index in [1.807, 2.05) is 22.4 Å². The Morgan fingerprint density at radius 1 is 1.23 bits per heavy atom. The number of carbonyl (C=O) groups is 1. The summed E-state index contributed by atoms with van der Waals surface area (Å²) in [5.41, 5.74) is 0.538. The zero-order valence-corrected chi connectivity index (χ0v) is 16.5. The Balaban J connectivity index is 1.63. The van der Waals surface area contributed by atoms with Crippen LogP contribution in [0.2, 0.25) is 0 Å². The average Bonchev–Trinajstić information content (AvgIpc) is 3.15. The van der Waals surface area contributed by atoms with Gasteiger partial charge in [-0.2, -0.15) is 0 Å². The molecule has 0 aliphatic carbocycles.